The number of hydrogen-bond donors (Lipinski definition) is 1. The summed E-state index contributed by atoms with van der Waals surface area (Å²) in [6.45, 7) is 1.98. The monoisotopic (exact) mass is 249 g/mol. The quantitative estimate of drug-likeness (QED) is 0.720. The molecule has 0 saturated carbocycles. The first-order chi connectivity index (χ1) is 2.77. The van der Waals surface area contributed by atoms with Gasteiger partial charge in [0.05, 0.1) is 6.61 Å². The molecule has 0 aromatic rings. The predicted octanol–water partition coefficient (Wildman–Crippen LogP) is 0.405. The van der Waals surface area contributed by atoms with Gasteiger partial charge in [0.1, 0.15) is 0 Å². The van der Waals surface area contributed by atoms with Crippen LogP contribution in [-0.4, -0.2) is 11.5 Å². The van der Waals surface area contributed by atoms with Crippen molar-refractivity contribution in [3.63, 3.8) is 0 Å². The molecule has 3 nitrogen and oxygen atoms in total. The standard InChI is InChI=1S/C2H7O3P.La/c1-2-5-6(3)4;/h6H,2H2,1H3,(H,3,4);. The van der Waals surface area contributed by atoms with E-state index in [2.05, 4.69) is 4.52 Å². The summed E-state index contributed by atoms with van der Waals surface area (Å²) in [5.41, 5.74) is 0. The van der Waals surface area contributed by atoms with Crippen molar-refractivity contribution >= 4 is 8.25 Å². The Kier molecular flexibility index (Phi) is 11.7. The van der Waals surface area contributed by atoms with Gasteiger partial charge < -0.3 is 9.42 Å². The normalized spacial score (nSPS) is 12.3. The fourth-order valence-electron chi connectivity index (χ4n) is 0.123. The Morgan fingerprint density at radius 2 is 2.29 bits per heavy atom. The van der Waals surface area contributed by atoms with Crippen LogP contribution in [0.1, 0.15) is 6.92 Å². The van der Waals surface area contributed by atoms with Gasteiger partial charge in [-0.3, -0.25) is 4.57 Å². The smallest absolute Gasteiger partial charge is 0.316 e. The molecule has 0 amide bonds. The van der Waals surface area contributed by atoms with Gasteiger partial charge in [0.25, 0.3) is 0 Å². The van der Waals surface area contributed by atoms with E-state index in [4.69, 9.17) is 4.89 Å². The van der Waals surface area contributed by atoms with Gasteiger partial charge in [-0.25, -0.2) is 0 Å². The molecule has 7 heavy (non-hydrogen) atoms. The van der Waals surface area contributed by atoms with E-state index < -0.39 is 8.25 Å². The molecular formula is C2H7LaO3P. The molecule has 0 aliphatic rings. The molecule has 0 heterocycles. The molecule has 41 valence electrons. The topological polar surface area (TPSA) is 46.5 Å². The molecule has 0 rings (SSSR count). The molecule has 1 atom stereocenters. The summed E-state index contributed by atoms with van der Waals surface area (Å²) in [7, 11) is -2.64. The van der Waals surface area contributed by atoms with Crippen LogP contribution >= 0.6 is 8.25 Å². The van der Waals surface area contributed by atoms with Crippen molar-refractivity contribution in [1.82, 2.24) is 0 Å². The van der Waals surface area contributed by atoms with Gasteiger partial charge in [0, 0.05) is 35.6 Å². The second-order valence-corrected chi connectivity index (χ2v) is 1.52. The molecular weight excluding hydrogens is 242 g/mol. The minimum atomic E-state index is -2.64. The first-order valence-electron chi connectivity index (χ1n) is 1.63. The maximum atomic E-state index is 9.56. The van der Waals surface area contributed by atoms with Gasteiger partial charge in [-0.2, -0.15) is 0 Å². The summed E-state index contributed by atoms with van der Waals surface area (Å²) in [6, 6.07) is 0. The maximum Gasteiger partial charge on any atom is 0.316 e. The molecule has 0 spiro atoms. The van der Waals surface area contributed by atoms with E-state index in [9.17, 15) is 4.57 Å². The molecule has 0 aromatic heterocycles. The Labute approximate surface area is 71.0 Å². The molecule has 0 aliphatic heterocycles. The summed E-state index contributed by atoms with van der Waals surface area (Å²) in [4.78, 5) is 7.88. The van der Waals surface area contributed by atoms with E-state index in [0.29, 0.717) is 6.61 Å². The zero-order chi connectivity index (χ0) is 4.99. The van der Waals surface area contributed by atoms with Gasteiger partial charge in [0.15, 0.2) is 0 Å². The van der Waals surface area contributed by atoms with Crippen molar-refractivity contribution in [1.29, 1.82) is 0 Å². The van der Waals surface area contributed by atoms with Crippen molar-refractivity contribution < 1.29 is 49.6 Å². The van der Waals surface area contributed by atoms with Gasteiger partial charge >= 0.3 is 8.25 Å². The van der Waals surface area contributed by atoms with Crippen LogP contribution < -0.4 is 0 Å². The number of hydrogen-bond acceptors (Lipinski definition) is 2. The Bertz CT molecular complexity index is 56.9. The van der Waals surface area contributed by atoms with E-state index in [1.165, 1.54) is 0 Å². The van der Waals surface area contributed by atoms with Gasteiger partial charge in [0.2, 0.25) is 0 Å². The Morgan fingerprint density at radius 3 is 2.29 bits per heavy atom. The van der Waals surface area contributed by atoms with Gasteiger partial charge in [-0.05, 0) is 6.92 Å². The number of rotatable bonds is 2. The van der Waals surface area contributed by atoms with Crippen molar-refractivity contribution in [3.05, 3.63) is 0 Å². The summed E-state index contributed by atoms with van der Waals surface area (Å²) in [5, 5.41) is 0. The van der Waals surface area contributed by atoms with E-state index in [1.54, 1.807) is 6.92 Å². The Hall–Kier alpha value is 1.34. The average molecular weight is 249 g/mol. The predicted molar refractivity (Wildman–Crippen MR) is 22.8 cm³/mol. The van der Waals surface area contributed by atoms with Crippen LogP contribution in [-0.2, 0) is 9.09 Å². The zero-order valence-corrected chi connectivity index (χ0v) is 8.67. The van der Waals surface area contributed by atoms with Crippen molar-refractivity contribution in [2.45, 2.75) is 6.92 Å². The van der Waals surface area contributed by atoms with Crippen molar-refractivity contribution in [2.75, 3.05) is 6.61 Å². The van der Waals surface area contributed by atoms with E-state index in [1.807, 2.05) is 0 Å². The molecule has 0 aromatic carbocycles. The Morgan fingerprint density at radius 1 is 1.86 bits per heavy atom. The van der Waals surface area contributed by atoms with Crippen LogP contribution in [0.3, 0.4) is 0 Å². The Balaban J connectivity index is 0. The fourth-order valence-corrected chi connectivity index (χ4v) is 0.370. The molecule has 5 heteroatoms. The molecule has 0 aliphatic carbocycles. The molecule has 1 unspecified atom stereocenters. The maximum absolute atomic E-state index is 9.56. The molecule has 1 N–H and O–H groups in total. The summed E-state index contributed by atoms with van der Waals surface area (Å²) in [5.74, 6) is 0. The van der Waals surface area contributed by atoms with Crippen LogP contribution in [0.5, 0.6) is 0 Å². The van der Waals surface area contributed by atoms with Crippen LogP contribution in [0.25, 0.3) is 0 Å². The summed E-state index contributed by atoms with van der Waals surface area (Å²) >= 11 is 0. The minimum Gasteiger partial charge on any atom is -0.326 e. The van der Waals surface area contributed by atoms with E-state index in [0.717, 1.165) is 0 Å². The van der Waals surface area contributed by atoms with Crippen molar-refractivity contribution in [2.24, 2.45) is 0 Å². The summed E-state index contributed by atoms with van der Waals surface area (Å²) in [6.07, 6.45) is 0. The van der Waals surface area contributed by atoms with E-state index in [-0.39, 0.29) is 35.6 Å². The first kappa shape index (κ1) is 11.2. The molecule has 1 radical (unpaired) electrons. The SMILES string of the molecule is CCO[PH](=O)O.[La]. The zero-order valence-electron chi connectivity index (χ0n) is 4.05. The third-order valence-electron chi connectivity index (χ3n) is 0.268. The minimum absolute atomic E-state index is 0. The molecule has 0 saturated heterocycles. The fraction of sp³-hybridized carbons (Fsp3) is 1.00. The van der Waals surface area contributed by atoms with Crippen LogP contribution in [0.2, 0.25) is 0 Å². The van der Waals surface area contributed by atoms with Gasteiger partial charge in [-0.15, -0.1) is 0 Å². The van der Waals surface area contributed by atoms with Crippen LogP contribution in [0, 0.1) is 35.6 Å². The third-order valence-corrected chi connectivity index (χ3v) is 0.803. The first-order valence-corrected chi connectivity index (χ1v) is 2.89. The third kappa shape index (κ3) is 11.1. The second kappa shape index (κ2) is 7.34. The summed E-state index contributed by atoms with van der Waals surface area (Å²) < 4.78 is 13.7. The van der Waals surface area contributed by atoms with Gasteiger partial charge in [-0.1, -0.05) is 0 Å². The molecule has 0 fully saturated rings. The second-order valence-electron chi connectivity index (χ2n) is 0.699. The largest absolute Gasteiger partial charge is 0.326 e. The molecule has 0 bridgehead atoms. The van der Waals surface area contributed by atoms with Crippen molar-refractivity contribution in [3.8, 4) is 0 Å². The van der Waals surface area contributed by atoms with Crippen LogP contribution in [0.4, 0.5) is 0 Å². The average Bonchev–Trinajstić information content (AvgIpc) is 1.35. The van der Waals surface area contributed by atoms with Crippen LogP contribution in [0.15, 0.2) is 0 Å². The van der Waals surface area contributed by atoms with E-state index >= 15 is 0 Å².